The molecule has 0 aliphatic carbocycles. The summed E-state index contributed by atoms with van der Waals surface area (Å²) in [5, 5.41) is 11.3. The highest BCUT2D eigenvalue weighted by Gasteiger charge is 2.17. The van der Waals surface area contributed by atoms with Crippen LogP contribution in [0.25, 0.3) is 11.5 Å². The summed E-state index contributed by atoms with van der Waals surface area (Å²) in [6.07, 6.45) is 3.96. The number of piperidine rings is 1. The fraction of sp³-hybridized carbons (Fsp3) is 0.500. The Bertz CT molecular complexity index is 582. The lowest BCUT2D eigenvalue weighted by Gasteiger charge is -2.30. The molecule has 0 spiro atoms. The second kappa shape index (κ2) is 6.26. The lowest BCUT2D eigenvalue weighted by Crippen LogP contribution is -2.35. The summed E-state index contributed by atoms with van der Waals surface area (Å²) in [6, 6.07) is 6.20. The van der Waals surface area contributed by atoms with Gasteiger partial charge in [0, 0.05) is 24.3 Å². The maximum Gasteiger partial charge on any atom is 0.247 e. The fourth-order valence-corrected chi connectivity index (χ4v) is 2.94. The van der Waals surface area contributed by atoms with E-state index in [1.54, 1.807) is 0 Å². The Morgan fingerprint density at radius 2 is 2.33 bits per heavy atom. The van der Waals surface area contributed by atoms with Crippen molar-refractivity contribution in [2.24, 2.45) is 5.92 Å². The highest BCUT2D eigenvalue weighted by Crippen LogP contribution is 2.24. The van der Waals surface area contributed by atoms with Gasteiger partial charge in [-0.1, -0.05) is 6.07 Å². The van der Waals surface area contributed by atoms with Crippen molar-refractivity contribution in [3.8, 4) is 11.5 Å². The first-order valence-electron chi connectivity index (χ1n) is 7.52. The average Bonchev–Trinajstić information content (AvgIpc) is 3.01. The van der Waals surface area contributed by atoms with Crippen LogP contribution in [0.15, 0.2) is 29.0 Å². The van der Waals surface area contributed by atoms with Gasteiger partial charge in [-0.15, -0.1) is 10.2 Å². The number of hydrogen-bond acceptors (Lipinski definition) is 5. The van der Waals surface area contributed by atoms with Crippen molar-refractivity contribution in [1.29, 1.82) is 0 Å². The van der Waals surface area contributed by atoms with Gasteiger partial charge in [-0.25, -0.2) is 0 Å². The summed E-state index contributed by atoms with van der Waals surface area (Å²) in [7, 11) is 2.20. The molecule has 5 nitrogen and oxygen atoms in total. The Kier molecular flexibility index (Phi) is 4.20. The lowest BCUT2D eigenvalue weighted by atomic mass is 9.98. The third kappa shape index (κ3) is 3.42. The van der Waals surface area contributed by atoms with Crippen molar-refractivity contribution >= 4 is 5.69 Å². The minimum absolute atomic E-state index is 0.565. The quantitative estimate of drug-likeness (QED) is 0.936. The molecule has 1 saturated heterocycles. The number of nitrogens with zero attached hydrogens (tertiary/aromatic N) is 3. The first kappa shape index (κ1) is 14.1. The molecule has 1 fully saturated rings. The van der Waals surface area contributed by atoms with Gasteiger partial charge in [0.25, 0.3) is 0 Å². The second-order valence-electron chi connectivity index (χ2n) is 5.92. The van der Waals surface area contributed by atoms with Crippen LogP contribution in [-0.2, 0) is 0 Å². The summed E-state index contributed by atoms with van der Waals surface area (Å²) in [4.78, 5) is 2.41. The highest BCUT2D eigenvalue weighted by molar-refractivity contribution is 5.64. The van der Waals surface area contributed by atoms with Crippen LogP contribution in [0.4, 0.5) is 5.69 Å². The molecule has 0 saturated carbocycles. The number of aromatic nitrogens is 2. The van der Waals surface area contributed by atoms with Crippen molar-refractivity contribution in [2.45, 2.75) is 19.8 Å². The minimum atomic E-state index is 0.565. The van der Waals surface area contributed by atoms with Crippen LogP contribution in [-0.4, -0.2) is 41.8 Å². The van der Waals surface area contributed by atoms with Gasteiger partial charge in [0.2, 0.25) is 12.3 Å². The Balaban J connectivity index is 1.68. The molecule has 1 aliphatic heterocycles. The Morgan fingerprint density at radius 1 is 1.43 bits per heavy atom. The van der Waals surface area contributed by atoms with Gasteiger partial charge in [-0.2, -0.15) is 0 Å². The Labute approximate surface area is 125 Å². The second-order valence-corrected chi connectivity index (χ2v) is 5.92. The molecule has 21 heavy (non-hydrogen) atoms. The largest absolute Gasteiger partial charge is 0.423 e. The summed E-state index contributed by atoms with van der Waals surface area (Å²) < 4.78 is 5.27. The first-order chi connectivity index (χ1) is 10.2. The van der Waals surface area contributed by atoms with Crippen molar-refractivity contribution in [3.05, 3.63) is 30.2 Å². The van der Waals surface area contributed by atoms with Crippen molar-refractivity contribution in [2.75, 3.05) is 32.0 Å². The molecule has 1 unspecified atom stereocenters. The molecule has 1 aromatic heterocycles. The standard InChI is InChI=1S/C16H22N4O/c1-12-5-6-14(16-19-18-11-21-16)8-15(12)17-9-13-4-3-7-20(2)10-13/h5-6,8,11,13,17H,3-4,7,9-10H2,1-2H3. The van der Waals surface area contributed by atoms with E-state index in [1.165, 1.54) is 37.9 Å². The van der Waals surface area contributed by atoms with E-state index in [0.29, 0.717) is 5.89 Å². The van der Waals surface area contributed by atoms with Crippen molar-refractivity contribution in [1.82, 2.24) is 15.1 Å². The monoisotopic (exact) mass is 286 g/mol. The van der Waals surface area contributed by atoms with Crippen molar-refractivity contribution in [3.63, 3.8) is 0 Å². The molecule has 1 atom stereocenters. The van der Waals surface area contributed by atoms with Crippen LogP contribution in [0.1, 0.15) is 18.4 Å². The van der Waals surface area contributed by atoms with Gasteiger partial charge in [-0.05, 0) is 57.0 Å². The van der Waals surface area contributed by atoms with E-state index >= 15 is 0 Å². The number of rotatable bonds is 4. The van der Waals surface area contributed by atoms with Gasteiger partial charge >= 0.3 is 0 Å². The lowest BCUT2D eigenvalue weighted by molar-refractivity contribution is 0.217. The third-order valence-corrected chi connectivity index (χ3v) is 4.15. The zero-order valence-corrected chi connectivity index (χ0v) is 12.7. The number of benzene rings is 1. The normalized spacial score (nSPS) is 19.6. The summed E-state index contributed by atoms with van der Waals surface area (Å²) in [5.74, 6) is 1.28. The smallest absolute Gasteiger partial charge is 0.247 e. The molecule has 112 valence electrons. The van der Waals surface area contributed by atoms with Crippen LogP contribution in [0.2, 0.25) is 0 Å². The van der Waals surface area contributed by atoms with E-state index in [1.807, 2.05) is 6.07 Å². The molecule has 0 amide bonds. The number of aryl methyl sites for hydroxylation is 1. The van der Waals surface area contributed by atoms with E-state index in [0.717, 1.165) is 23.7 Å². The molecule has 1 aromatic carbocycles. The molecular weight excluding hydrogens is 264 g/mol. The highest BCUT2D eigenvalue weighted by atomic mass is 16.4. The van der Waals surface area contributed by atoms with E-state index in [2.05, 4.69) is 46.5 Å². The van der Waals surface area contributed by atoms with Crippen LogP contribution in [0.3, 0.4) is 0 Å². The van der Waals surface area contributed by atoms with Crippen LogP contribution in [0, 0.1) is 12.8 Å². The van der Waals surface area contributed by atoms with Crippen LogP contribution < -0.4 is 5.32 Å². The molecular formula is C16H22N4O. The van der Waals surface area contributed by atoms with E-state index in [4.69, 9.17) is 4.42 Å². The van der Waals surface area contributed by atoms with Crippen LogP contribution in [0.5, 0.6) is 0 Å². The Morgan fingerprint density at radius 3 is 3.10 bits per heavy atom. The summed E-state index contributed by atoms with van der Waals surface area (Å²) >= 11 is 0. The molecule has 2 heterocycles. The summed E-state index contributed by atoms with van der Waals surface area (Å²) in [6.45, 7) is 5.53. The predicted molar refractivity (Wildman–Crippen MR) is 83.2 cm³/mol. The predicted octanol–water partition coefficient (Wildman–Crippen LogP) is 2.80. The SMILES string of the molecule is Cc1ccc(-c2nnco2)cc1NCC1CCCN(C)C1. The van der Waals surface area contributed by atoms with Gasteiger partial charge in [-0.3, -0.25) is 0 Å². The van der Waals surface area contributed by atoms with E-state index in [-0.39, 0.29) is 0 Å². The number of likely N-dealkylation sites (tertiary alicyclic amines) is 1. The molecule has 1 N–H and O–H groups in total. The zero-order chi connectivity index (χ0) is 14.7. The molecule has 1 aliphatic rings. The van der Waals surface area contributed by atoms with Gasteiger partial charge in [0.05, 0.1) is 0 Å². The van der Waals surface area contributed by atoms with E-state index in [9.17, 15) is 0 Å². The van der Waals surface area contributed by atoms with E-state index < -0.39 is 0 Å². The third-order valence-electron chi connectivity index (χ3n) is 4.15. The fourth-order valence-electron chi connectivity index (χ4n) is 2.94. The number of hydrogen-bond donors (Lipinski definition) is 1. The molecule has 3 rings (SSSR count). The van der Waals surface area contributed by atoms with Crippen molar-refractivity contribution < 1.29 is 4.42 Å². The number of nitrogens with one attached hydrogen (secondary N) is 1. The molecule has 2 aromatic rings. The minimum Gasteiger partial charge on any atom is -0.423 e. The maximum atomic E-state index is 5.27. The average molecular weight is 286 g/mol. The van der Waals surface area contributed by atoms with Gasteiger partial charge < -0.3 is 14.6 Å². The van der Waals surface area contributed by atoms with Gasteiger partial charge in [0.1, 0.15) is 0 Å². The molecule has 5 heteroatoms. The topological polar surface area (TPSA) is 54.2 Å². The first-order valence-corrected chi connectivity index (χ1v) is 7.52. The zero-order valence-electron chi connectivity index (χ0n) is 12.7. The molecule has 0 bridgehead atoms. The molecule has 0 radical (unpaired) electrons. The number of anilines is 1. The maximum absolute atomic E-state index is 5.27. The van der Waals surface area contributed by atoms with Gasteiger partial charge in [0.15, 0.2) is 0 Å². The summed E-state index contributed by atoms with van der Waals surface area (Å²) in [5.41, 5.74) is 3.35. The van der Waals surface area contributed by atoms with Crippen LogP contribution >= 0.6 is 0 Å². The Hall–Kier alpha value is -1.88.